The van der Waals surface area contributed by atoms with Gasteiger partial charge in [0.2, 0.25) is 0 Å². The Labute approximate surface area is 112 Å². The van der Waals surface area contributed by atoms with E-state index < -0.39 is 0 Å². The largest absolute Gasteiger partial charge is 0.487 e. The molecule has 0 radical (unpaired) electrons. The van der Waals surface area contributed by atoms with E-state index >= 15 is 0 Å². The number of rotatable bonds is 5. The van der Waals surface area contributed by atoms with E-state index in [4.69, 9.17) is 10.5 Å². The number of hydrogen-bond acceptors (Lipinski definition) is 3. The van der Waals surface area contributed by atoms with E-state index in [9.17, 15) is 4.39 Å². The van der Waals surface area contributed by atoms with E-state index in [1.807, 2.05) is 24.6 Å². The molecule has 5 heteroatoms. The number of benzene rings is 1. The van der Waals surface area contributed by atoms with Gasteiger partial charge in [0.15, 0.2) is 0 Å². The van der Waals surface area contributed by atoms with Crippen LogP contribution < -0.4 is 10.5 Å². The first-order valence-electron chi connectivity index (χ1n) is 6.28. The average Bonchev–Trinajstić information content (AvgIpc) is 2.77. The van der Waals surface area contributed by atoms with Crippen molar-refractivity contribution in [2.24, 2.45) is 5.73 Å². The molecule has 0 atom stereocenters. The smallest absolute Gasteiger partial charge is 0.131 e. The molecule has 0 aliphatic heterocycles. The second-order valence-electron chi connectivity index (χ2n) is 4.34. The van der Waals surface area contributed by atoms with Crippen LogP contribution in [0.2, 0.25) is 0 Å². The van der Waals surface area contributed by atoms with Gasteiger partial charge in [-0.1, -0.05) is 6.07 Å². The van der Waals surface area contributed by atoms with Gasteiger partial charge in [0.05, 0.1) is 11.4 Å². The number of nitrogens with zero attached hydrogens (tertiary/aromatic N) is 2. The summed E-state index contributed by atoms with van der Waals surface area (Å²) in [4.78, 5) is 0. The molecule has 0 bridgehead atoms. The predicted molar refractivity (Wildman–Crippen MR) is 71.3 cm³/mol. The van der Waals surface area contributed by atoms with Gasteiger partial charge in [0.25, 0.3) is 0 Å². The Balaban J connectivity index is 2.07. The normalized spacial score (nSPS) is 10.7. The Kier molecular flexibility index (Phi) is 4.16. The maximum atomic E-state index is 13.5. The van der Waals surface area contributed by atoms with Crippen molar-refractivity contribution in [3.05, 3.63) is 47.0 Å². The molecule has 1 aromatic carbocycles. The Morgan fingerprint density at radius 1 is 1.37 bits per heavy atom. The molecule has 2 N–H and O–H groups in total. The van der Waals surface area contributed by atoms with Crippen LogP contribution in [-0.2, 0) is 19.7 Å². The Morgan fingerprint density at radius 3 is 2.79 bits per heavy atom. The van der Waals surface area contributed by atoms with Crippen LogP contribution in [0.15, 0.2) is 24.3 Å². The minimum absolute atomic E-state index is 0.188. The summed E-state index contributed by atoms with van der Waals surface area (Å²) < 4.78 is 21.0. The lowest BCUT2D eigenvalue weighted by atomic mass is 10.2. The zero-order chi connectivity index (χ0) is 13.8. The topological polar surface area (TPSA) is 53.1 Å². The van der Waals surface area contributed by atoms with E-state index in [0.717, 1.165) is 17.9 Å². The van der Waals surface area contributed by atoms with Crippen molar-refractivity contribution in [2.45, 2.75) is 33.5 Å². The molecule has 0 aliphatic rings. The summed E-state index contributed by atoms with van der Waals surface area (Å²) in [5.41, 5.74) is 7.83. The molecule has 0 amide bonds. The molecule has 0 saturated carbocycles. The maximum absolute atomic E-state index is 13.5. The Bertz CT molecular complexity index is 566. The molecule has 19 heavy (non-hydrogen) atoms. The fraction of sp³-hybridized carbons (Fsp3) is 0.357. The van der Waals surface area contributed by atoms with Crippen molar-refractivity contribution in [1.82, 2.24) is 9.78 Å². The molecule has 0 saturated heterocycles. The number of aryl methyl sites for hydroxylation is 2. The third-order valence-electron chi connectivity index (χ3n) is 2.92. The quantitative estimate of drug-likeness (QED) is 0.901. The average molecular weight is 263 g/mol. The maximum Gasteiger partial charge on any atom is 0.131 e. The number of ether oxygens (including phenoxy) is 1. The molecular weight excluding hydrogens is 245 g/mol. The molecule has 4 nitrogen and oxygen atoms in total. The van der Waals surface area contributed by atoms with Crippen LogP contribution in [0.3, 0.4) is 0 Å². The van der Waals surface area contributed by atoms with Gasteiger partial charge in [-0.3, -0.25) is 4.68 Å². The number of nitrogens with two attached hydrogens (primary N) is 1. The van der Waals surface area contributed by atoms with Gasteiger partial charge in [-0.15, -0.1) is 0 Å². The van der Waals surface area contributed by atoms with Gasteiger partial charge >= 0.3 is 0 Å². The lowest BCUT2D eigenvalue weighted by molar-refractivity contribution is 0.291. The van der Waals surface area contributed by atoms with Gasteiger partial charge in [0, 0.05) is 24.7 Å². The molecule has 1 heterocycles. The molecule has 0 spiro atoms. The summed E-state index contributed by atoms with van der Waals surface area (Å²) in [5, 5.41) is 4.33. The fourth-order valence-electron chi connectivity index (χ4n) is 1.93. The molecule has 0 fully saturated rings. The van der Waals surface area contributed by atoms with Gasteiger partial charge in [-0.25, -0.2) is 4.39 Å². The molecule has 2 aromatic rings. The molecule has 1 aromatic heterocycles. The van der Waals surface area contributed by atoms with Crippen LogP contribution in [0.1, 0.15) is 23.9 Å². The third kappa shape index (κ3) is 3.12. The third-order valence-corrected chi connectivity index (χ3v) is 2.92. The molecule has 0 aliphatic carbocycles. The first kappa shape index (κ1) is 13.5. The van der Waals surface area contributed by atoms with E-state index in [-0.39, 0.29) is 12.4 Å². The highest BCUT2D eigenvalue weighted by atomic mass is 19.1. The first-order chi connectivity index (χ1) is 9.13. The zero-order valence-electron chi connectivity index (χ0n) is 11.2. The summed E-state index contributed by atoms with van der Waals surface area (Å²) in [6, 6.07) is 6.70. The highest BCUT2D eigenvalue weighted by molar-refractivity contribution is 5.29. The van der Waals surface area contributed by atoms with E-state index in [1.165, 1.54) is 6.07 Å². The predicted octanol–water partition coefficient (Wildman–Crippen LogP) is 2.39. The highest BCUT2D eigenvalue weighted by Crippen LogP contribution is 2.18. The van der Waals surface area contributed by atoms with Gasteiger partial charge in [-0.05, 0) is 26.0 Å². The van der Waals surface area contributed by atoms with E-state index in [0.29, 0.717) is 17.9 Å². The van der Waals surface area contributed by atoms with Crippen molar-refractivity contribution < 1.29 is 9.13 Å². The van der Waals surface area contributed by atoms with Crippen LogP contribution >= 0.6 is 0 Å². The number of halogens is 1. The summed E-state index contributed by atoms with van der Waals surface area (Å²) in [5.74, 6) is 0.163. The lowest BCUT2D eigenvalue weighted by Crippen LogP contribution is -2.06. The van der Waals surface area contributed by atoms with Crippen molar-refractivity contribution in [3.63, 3.8) is 0 Å². The fourth-order valence-corrected chi connectivity index (χ4v) is 1.93. The second-order valence-corrected chi connectivity index (χ2v) is 4.34. The SMILES string of the molecule is CCn1nc(C)cc1COc1ccc(CN)c(F)c1. The Morgan fingerprint density at radius 2 is 2.16 bits per heavy atom. The monoisotopic (exact) mass is 263 g/mol. The lowest BCUT2D eigenvalue weighted by Gasteiger charge is -2.09. The van der Waals surface area contributed by atoms with Gasteiger partial charge in [0.1, 0.15) is 18.2 Å². The van der Waals surface area contributed by atoms with Gasteiger partial charge in [-0.2, -0.15) is 5.10 Å². The molecular formula is C14H18FN3O. The summed E-state index contributed by atoms with van der Waals surface area (Å²) in [6.07, 6.45) is 0. The first-order valence-corrected chi connectivity index (χ1v) is 6.28. The van der Waals surface area contributed by atoms with Crippen molar-refractivity contribution in [2.75, 3.05) is 0 Å². The molecule has 2 rings (SSSR count). The summed E-state index contributed by atoms with van der Waals surface area (Å²) in [6.45, 7) is 5.30. The minimum Gasteiger partial charge on any atom is -0.487 e. The molecule has 0 unspecified atom stereocenters. The Hall–Kier alpha value is -1.88. The van der Waals surface area contributed by atoms with E-state index in [1.54, 1.807) is 12.1 Å². The van der Waals surface area contributed by atoms with Crippen LogP contribution in [0.25, 0.3) is 0 Å². The van der Waals surface area contributed by atoms with Crippen molar-refractivity contribution in [1.29, 1.82) is 0 Å². The van der Waals surface area contributed by atoms with Crippen LogP contribution in [0.5, 0.6) is 5.75 Å². The molecule has 102 valence electrons. The highest BCUT2D eigenvalue weighted by Gasteiger charge is 2.06. The summed E-state index contributed by atoms with van der Waals surface area (Å²) >= 11 is 0. The standard InChI is InChI=1S/C14H18FN3O/c1-3-18-12(6-10(2)17-18)9-19-13-5-4-11(8-16)14(15)7-13/h4-7H,3,8-9,16H2,1-2H3. The van der Waals surface area contributed by atoms with E-state index in [2.05, 4.69) is 5.10 Å². The number of hydrogen-bond donors (Lipinski definition) is 1. The summed E-state index contributed by atoms with van der Waals surface area (Å²) in [7, 11) is 0. The number of aromatic nitrogens is 2. The van der Waals surface area contributed by atoms with Crippen molar-refractivity contribution >= 4 is 0 Å². The van der Waals surface area contributed by atoms with Crippen molar-refractivity contribution in [3.8, 4) is 5.75 Å². The zero-order valence-corrected chi connectivity index (χ0v) is 11.2. The van der Waals surface area contributed by atoms with Crippen LogP contribution in [-0.4, -0.2) is 9.78 Å². The van der Waals surface area contributed by atoms with Crippen LogP contribution in [0, 0.1) is 12.7 Å². The minimum atomic E-state index is -0.333. The second kappa shape index (κ2) is 5.84. The van der Waals surface area contributed by atoms with Crippen LogP contribution in [0.4, 0.5) is 4.39 Å². The van der Waals surface area contributed by atoms with Gasteiger partial charge < -0.3 is 10.5 Å².